The molecule has 38 heavy (non-hydrogen) atoms. The molecule has 0 saturated carbocycles. The van der Waals surface area contributed by atoms with Crippen molar-refractivity contribution in [3.63, 3.8) is 0 Å². The van der Waals surface area contributed by atoms with Crippen LogP contribution >= 0.6 is 11.3 Å². The van der Waals surface area contributed by atoms with E-state index in [1.807, 2.05) is 50.2 Å². The number of amides is 1. The monoisotopic (exact) mass is 531 g/mol. The number of aryl methyl sites for hydroxylation is 3. The van der Waals surface area contributed by atoms with Gasteiger partial charge in [0.25, 0.3) is 5.91 Å². The molecule has 0 radical (unpaired) electrons. The maximum Gasteiger partial charge on any atom is 0.326 e. The zero-order chi connectivity index (χ0) is 27.2. The summed E-state index contributed by atoms with van der Waals surface area (Å²) in [7, 11) is 0. The number of aliphatic carboxylic acids is 1. The highest BCUT2D eigenvalue weighted by Crippen LogP contribution is 2.28. The van der Waals surface area contributed by atoms with Gasteiger partial charge in [0.15, 0.2) is 0 Å². The number of carbonyl (C=O) groups excluding carboxylic acids is 1. The van der Waals surface area contributed by atoms with Gasteiger partial charge in [0.05, 0.1) is 0 Å². The molecule has 0 aliphatic carbocycles. The van der Waals surface area contributed by atoms with Crippen molar-refractivity contribution in [2.24, 2.45) is 0 Å². The average molecular weight is 532 g/mol. The second kappa shape index (κ2) is 12.0. The fourth-order valence-electron chi connectivity index (χ4n) is 4.33. The molecule has 0 bridgehead atoms. The number of carboxylic acids is 1. The van der Waals surface area contributed by atoms with Gasteiger partial charge in [0, 0.05) is 29.6 Å². The van der Waals surface area contributed by atoms with Crippen LogP contribution in [0.3, 0.4) is 0 Å². The first-order chi connectivity index (χ1) is 18.2. The Hall–Kier alpha value is -4.04. The minimum atomic E-state index is -1.13. The molecule has 6 nitrogen and oxygen atoms in total. The van der Waals surface area contributed by atoms with E-state index in [1.165, 1.54) is 12.1 Å². The molecule has 1 unspecified atom stereocenters. The van der Waals surface area contributed by atoms with E-state index < -0.39 is 23.7 Å². The third-order valence-electron chi connectivity index (χ3n) is 6.31. The van der Waals surface area contributed by atoms with Gasteiger partial charge in [0.2, 0.25) is 0 Å². The molecule has 2 aromatic carbocycles. The van der Waals surface area contributed by atoms with Crippen LogP contribution in [0.5, 0.6) is 0 Å². The second-order valence-corrected chi connectivity index (χ2v) is 10.2. The van der Waals surface area contributed by atoms with Gasteiger partial charge in [-0.15, -0.1) is 11.3 Å². The fourth-order valence-corrected chi connectivity index (χ4v) is 5.25. The van der Waals surface area contributed by atoms with Gasteiger partial charge in [-0.2, -0.15) is 0 Å². The largest absolute Gasteiger partial charge is 0.480 e. The van der Waals surface area contributed by atoms with Crippen molar-refractivity contribution >= 4 is 29.0 Å². The normalized spacial score (nSPS) is 11.7. The van der Waals surface area contributed by atoms with Crippen LogP contribution in [-0.4, -0.2) is 28.0 Å². The number of nitrogens with one attached hydrogen (secondary N) is 2. The summed E-state index contributed by atoms with van der Waals surface area (Å²) < 4.78 is 13.8. The van der Waals surface area contributed by atoms with E-state index in [2.05, 4.69) is 27.1 Å². The van der Waals surface area contributed by atoms with Crippen LogP contribution in [0.2, 0.25) is 0 Å². The van der Waals surface area contributed by atoms with Crippen LogP contribution in [0.25, 0.3) is 10.4 Å². The predicted octanol–water partition coefficient (Wildman–Crippen LogP) is 6.17. The molecule has 0 aliphatic heterocycles. The topological polar surface area (TPSA) is 91.3 Å². The Morgan fingerprint density at radius 3 is 2.50 bits per heavy atom. The summed E-state index contributed by atoms with van der Waals surface area (Å²) in [4.78, 5) is 30.3. The number of pyridine rings is 1. The molecule has 8 heteroatoms. The SMILES string of the molecule is CCc1cc(F)cc(C)c1C(=O)NC(Cc1ccc(-c2cc(CNc3cc(C)ccn3)cs2)cc1)C(=O)O. The van der Waals surface area contributed by atoms with Crippen molar-refractivity contribution in [3.8, 4) is 10.4 Å². The maximum absolute atomic E-state index is 13.8. The van der Waals surface area contributed by atoms with E-state index >= 15 is 0 Å². The number of carboxylic acid groups (broad SMARTS) is 1. The Bertz CT molecular complexity index is 1450. The molecule has 196 valence electrons. The number of rotatable bonds is 10. The third-order valence-corrected chi connectivity index (χ3v) is 7.34. The van der Waals surface area contributed by atoms with Gasteiger partial charge in [0.1, 0.15) is 17.7 Å². The summed E-state index contributed by atoms with van der Waals surface area (Å²) in [5.41, 5.74) is 5.48. The molecule has 0 spiro atoms. The number of aromatic nitrogens is 1. The van der Waals surface area contributed by atoms with Crippen molar-refractivity contribution < 1.29 is 19.1 Å². The lowest BCUT2D eigenvalue weighted by Gasteiger charge is -2.17. The number of hydrogen-bond donors (Lipinski definition) is 3. The molecule has 2 aromatic heterocycles. The maximum atomic E-state index is 13.8. The van der Waals surface area contributed by atoms with Gasteiger partial charge < -0.3 is 15.7 Å². The number of nitrogens with zero attached hydrogens (tertiary/aromatic N) is 1. The van der Waals surface area contributed by atoms with E-state index in [4.69, 9.17) is 0 Å². The van der Waals surface area contributed by atoms with Crippen molar-refractivity contribution in [3.05, 3.63) is 105 Å². The number of halogens is 1. The predicted molar refractivity (Wildman–Crippen MR) is 149 cm³/mol. The van der Waals surface area contributed by atoms with E-state index in [-0.39, 0.29) is 6.42 Å². The van der Waals surface area contributed by atoms with Gasteiger partial charge in [-0.1, -0.05) is 31.2 Å². The first-order valence-electron chi connectivity index (χ1n) is 12.4. The van der Waals surface area contributed by atoms with Crippen LogP contribution in [0.15, 0.2) is 66.2 Å². The highest BCUT2D eigenvalue weighted by atomic mass is 32.1. The minimum absolute atomic E-state index is 0.131. The molecular formula is C30H30FN3O3S. The zero-order valence-corrected chi connectivity index (χ0v) is 22.4. The van der Waals surface area contributed by atoms with Gasteiger partial charge in [-0.3, -0.25) is 4.79 Å². The molecule has 4 rings (SSSR count). The molecule has 1 atom stereocenters. The molecule has 0 aliphatic rings. The van der Waals surface area contributed by atoms with E-state index in [1.54, 1.807) is 24.5 Å². The quantitative estimate of drug-likeness (QED) is 0.228. The summed E-state index contributed by atoms with van der Waals surface area (Å²) in [5, 5.41) is 17.8. The Labute approximate surface area is 225 Å². The van der Waals surface area contributed by atoms with Crippen LogP contribution < -0.4 is 10.6 Å². The highest BCUT2D eigenvalue weighted by Gasteiger charge is 2.24. The van der Waals surface area contributed by atoms with Crippen molar-refractivity contribution in [1.29, 1.82) is 0 Å². The van der Waals surface area contributed by atoms with Crippen LogP contribution in [0, 0.1) is 19.7 Å². The van der Waals surface area contributed by atoms with E-state index in [0.717, 1.165) is 32.9 Å². The lowest BCUT2D eigenvalue weighted by atomic mass is 9.98. The summed E-state index contributed by atoms with van der Waals surface area (Å²) in [5.74, 6) is -1.21. The first kappa shape index (κ1) is 27.0. The van der Waals surface area contributed by atoms with Crippen molar-refractivity contribution in [2.75, 3.05) is 5.32 Å². The highest BCUT2D eigenvalue weighted by molar-refractivity contribution is 7.13. The van der Waals surface area contributed by atoms with Crippen LogP contribution in [0.4, 0.5) is 10.2 Å². The number of thiophene rings is 1. The lowest BCUT2D eigenvalue weighted by Crippen LogP contribution is -2.42. The fraction of sp³-hybridized carbons (Fsp3) is 0.233. The third kappa shape index (κ3) is 6.63. The molecule has 0 fully saturated rings. The zero-order valence-electron chi connectivity index (χ0n) is 21.5. The number of hydrogen-bond acceptors (Lipinski definition) is 5. The number of carbonyl (C=O) groups is 2. The van der Waals surface area contributed by atoms with E-state index in [9.17, 15) is 19.1 Å². The molecule has 4 aromatic rings. The number of anilines is 1. The minimum Gasteiger partial charge on any atom is -0.480 e. The smallest absolute Gasteiger partial charge is 0.326 e. The second-order valence-electron chi connectivity index (χ2n) is 9.27. The molecule has 1 amide bonds. The van der Waals surface area contributed by atoms with Crippen LogP contribution in [-0.2, 0) is 24.2 Å². The van der Waals surface area contributed by atoms with Gasteiger partial charge >= 0.3 is 5.97 Å². The van der Waals surface area contributed by atoms with Crippen molar-refractivity contribution in [1.82, 2.24) is 10.3 Å². The Balaban J connectivity index is 1.41. The number of benzene rings is 2. The van der Waals surface area contributed by atoms with Gasteiger partial charge in [-0.25, -0.2) is 14.2 Å². The van der Waals surface area contributed by atoms with E-state index in [0.29, 0.717) is 29.7 Å². The molecule has 2 heterocycles. The molecule has 0 saturated heterocycles. The van der Waals surface area contributed by atoms with Gasteiger partial charge in [-0.05, 0) is 89.4 Å². The Kier molecular flexibility index (Phi) is 8.53. The Morgan fingerprint density at radius 1 is 1.05 bits per heavy atom. The molecule has 3 N–H and O–H groups in total. The summed E-state index contributed by atoms with van der Waals surface area (Å²) >= 11 is 1.64. The first-order valence-corrected chi connectivity index (χ1v) is 13.3. The average Bonchev–Trinajstić information content (AvgIpc) is 3.36. The molecular weight excluding hydrogens is 501 g/mol. The summed E-state index contributed by atoms with van der Waals surface area (Å²) in [6.07, 6.45) is 2.38. The summed E-state index contributed by atoms with van der Waals surface area (Å²) in [6.45, 7) is 6.17. The van der Waals surface area contributed by atoms with Crippen molar-refractivity contribution in [2.45, 2.75) is 46.2 Å². The standard InChI is InChI=1S/C30H30FN3O3S/c1-4-22-15-24(31)12-19(3)28(22)29(35)34-25(30(36)37)13-20-5-7-23(8-6-20)26-14-21(17-38-26)16-33-27-11-18(2)9-10-32-27/h5-12,14-15,17,25H,4,13,16H2,1-3H3,(H,32,33)(H,34,35)(H,36,37). The lowest BCUT2D eigenvalue weighted by molar-refractivity contribution is -0.139. The Morgan fingerprint density at radius 2 is 1.82 bits per heavy atom. The van der Waals surface area contributed by atoms with Crippen LogP contribution in [0.1, 0.15) is 45.1 Å². The summed E-state index contributed by atoms with van der Waals surface area (Å²) in [6, 6.07) is 15.3.